The topological polar surface area (TPSA) is 92.5 Å². The van der Waals surface area contributed by atoms with E-state index in [0.717, 1.165) is 18.2 Å². The minimum atomic E-state index is -4.39. The van der Waals surface area contributed by atoms with Gasteiger partial charge in [-0.15, -0.1) is 0 Å². The Morgan fingerprint density at radius 3 is 2.33 bits per heavy atom. The third-order valence-electron chi connectivity index (χ3n) is 4.38. The molecule has 146 valence electrons. The van der Waals surface area contributed by atoms with Crippen molar-refractivity contribution in [2.45, 2.75) is 49.8 Å². The van der Waals surface area contributed by atoms with Gasteiger partial charge >= 0.3 is 5.97 Å². The van der Waals surface area contributed by atoms with E-state index in [4.69, 9.17) is 0 Å². The normalized spacial score (nSPS) is 16.1. The van der Waals surface area contributed by atoms with Crippen molar-refractivity contribution in [1.82, 2.24) is 13.9 Å². The summed E-state index contributed by atoms with van der Waals surface area (Å²) in [5.41, 5.74) is -0.802. The Balaban J connectivity index is 2.14. The van der Waals surface area contributed by atoms with Crippen LogP contribution in [0, 0.1) is 11.6 Å². The second kappa shape index (κ2) is 7.01. The van der Waals surface area contributed by atoms with Crippen LogP contribution in [-0.4, -0.2) is 39.4 Å². The van der Waals surface area contributed by atoms with Crippen LogP contribution in [0.4, 0.5) is 8.78 Å². The monoisotopic (exact) mass is 399 g/mol. The fourth-order valence-electron chi connectivity index (χ4n) is 2.85. The molecule has 0 saturated heterocycles. The fraction of sp³-hybridized carbons (Fsp3) is 0.412. The standard InChI is InChI=1S/C17H19F2N3O4S/c1-10(2)21-8-14(20-9-21)27(25,26)22(11-6-7-11)16(17(23)24)15-12(18)4-3-5-13(15)19/h3-5,8-11,16H,6-7H2,1-2H3,(H,23,24). The molecule has 1 saturated carbocycles. The van der Waals surface area contributed by atoms with Gasteiger partial charge in [0.15, 0.2) is 11.1 Å². The first-order chi connectivity index (χ1) is 12.6. The average Bonchev–Trinajstić information content (AvgIpc) is 3.26. The number of halogens is 2. The van der Waals surface area contributed by atoms with Gasteiger partial charge in [0, 0.05) is 18.3 Å². The second-order valence-corrected chi connectivity index (χ2v) is 8.49. The summed E-state index contributed by atoms with van der Waals surface area (Å²) >= 11 is 0. The summed E-state index contributed by atoms with van der Waals surface area (Å²) < 4.78 is 57.0. The molecule has 1 aromatic carbocycles. The Morgan fingerprint density at radius 1 is 1.30 bits per heavy atom. The number of rotatable bonds is 7. The molecule has 0 bridgehead atoms. The third kappa shape index (κ3) is 3.59. The largest absolute Gasteiger partial charge is 0.480 e. The van der Waals surface area contributed by atoms with E-state index in [1.807, 2.05) is 13.8 Å². The molecule has 10 heteroatoms. The highest BCUT2D eigenvalue weighted by Gasteiger charge is 2.48. The Bertz CT molecular complexity index is 950. The zero-order valence-electron chi connectivity index (χ0n) is 14.7. The van der Waals surface area contributed by atoms with Gasteiger partial charge in [-0.1, -0.05) is 6.07 Å². The molecule has 1 heterocycles. The van der Waals surface area contributed by atoms with E-state index in [2.05, 4.69) is 4.98 Å². The zero-order valence-corrected chi connectivity index (χ0v) is 15.5. The number of hydrogen-bond donors (Lipinski definition) is 1. The molecule has 1 fully saturated rings. The van der Waals surface area contributed by atoms with Crippen LogP contribution in [-0.2, 0) is 14.8 Å². The van der Waals surface area contributed by atoms with Crippen molar-refractivity contribution in [1.29, 1.82) is 0 Å². The summed E-state index contributed by atoms with van der Waals surface area (Å²) in [4.78, 5) is 15.8. The number of benzene rings is 1. The Morgan fingerprint density at radius 2 is 1.89 bits per heavy atom. The number of carboxylic acids is 1. The molecular weight excluding hydrogens is 380 g/mol. The lowest BCUT2D eigenvalue weighted by molar-refractivity contribution is -0.142. The number of aromatic nitrogens is 2. The average molecular weight is 399 g/mol. The third-order valence-corrected chi connectivity index (χ3v) is 6.19. The van der Waals surface area contributed by atoms with Crippen molar-refractivity contribution in [3.8, 4) is 0 Å². The van der Waals surface area contributed by atoms with Crippen molar-refractivity contribution < 1.29 is 27.1 Å². The molecular formula is C17H19F2N3O4S. The van der Waals surface area contributed by atoms with Crippen LogP contribution < -0.4 is 0 Å². The van der Waals surface area contributed by atoms with Gasteiger partial charge in [-0.3, -0.25) is 4.79 Å². The van der Waals surface area contributed by atoms with Gasteiger partial charge in [-0.2, -0.15) is 4.31 Å². The van der Waals surface area contributed by atoms with E-state index in [1.165, 1.54) is 12.5 Å². The van der Waals surface area contributed by atoms with Gasteiger partial charge in [0.05, 0.1) is 11.9 Å². The van der Waals surface area contributed by atoms with Gasteiger partial charge in [-0.25, -0.2) is 22.2 Å². The molecule has 1 atom stereocenters. The van der Waals surface area contributed by atoms with E-state index < -0.39 is 45.3 Å². The number of nitrogens with zero attached hydrogens (tertiary/aromatic N) is 3. The number of sulfonamides is 1. The Hall–Kier alpha value is -2.33. The zero-order chi connectivity index (χ0) is 19.9. The summed E-state index contributed by atoms with van der Waals surface area (Å²) in [6.07, 6.45) is 3.42. The summed E-state index contributed by atoms with van der Waals surface area (Å²) in [7, 11) is -4.39. The second-order valence-electron chi connectivity index (χ2n) is 6.70. The fourth-order valence-corrected chi connectivity index (χ4v) is 4.58. The van der Waals surface area contributed by atoms with Crippen molar-refractivity contribution in [2.24, 2.45) is 0 Å². The maximum absolute atomic E-state index is 14.3. The maximum atomic E-state index is 14.3. The van der Waals surface area contributed by atoms with E-state index in [9.17, 15) is 27.1 Å². The van der Waals surface area contributed by atoms with Crippen LogP contribution in [0.15, 0.2) is 35.7 Å². The smallest absolute Gasteiger partial charge is 0.326 e. The van der Waals surface area contributed by atoms with E-state index in [1.54, 1.807) is 4.57 Å². The minimum absolute atomic E-state index is 0.0601. The van der Waals surface area contributed by atoms with E-state index in [0.29, 0.717) is 17.1 Å². The molecule has 0 radical (unpaired) electrons. The molecule has 27 heavy (non-hydrogen) atoms. The number of carboxylic acid groups (broad SMARTS) is 1. The number of carbonyl (C=O) groups is 1. The quantitative estimate of drug-likeness (QED) is 0.773. The predicted molar refractivity (Wildman–Crippen MR) is 91.4 cm³/mol. The van der Waals surface area contributed by atoms with Crippen LogP contribution in [0.2, 0.25) is 0 Å². The highest BCUT2D eigenvalue weighted by Crippen LogP contribution is 2.40. The molecule has 7 nitrogen and oxygen atoms in total. The Kier molecular flexibility index (Phi) is 5.04. The lowest BCUT2D eigenvalue weighted by atomic mass is 10.1. The number of aliphatic carboxylic acids is 1. The first-order valence-corrected chi connectivity index (χ1v) is 9.82. The lowest BCUT2D eigenvalue weighted by Crippen LogP contribution is -2.41. The highest BCUT2D eigenvalue weighted by molar-refractivity contribution is 7.89. The van der Waals surface area contributed by atoms with E-state index in [-0.39, 0.29) is 11.1 Å². The predicted octanol–water partition coefficient (Wildman–Crippen LogP) is 2.72. The van der Waals surface area contributed by atoms with Crippen LogP contribution >= 0.6 is 0 Å². The summed E-state index contributed by atoms with van der Waals surface area (Å²) in [5, 5.41) is 9.31. The SMILES string of the molecule is CC(C)n1cnc(S(=O)(=O)N(C2CC2)C(C(=O)O)c2c(F)cccc2F)c1. The Labute approximate surface area is 155 Å². The highest BCUT2D eigenvalue weighted by atomic mass is 32.2. The van der Waals surface area contributed by atoms with Crippen molar-refractivity contribution in [3.63, 3.8) is 0 Å². The molecule has 2 aromatic rings. The molecule has 1 aromatic heterocycles. The maximum Gasteiger partial charge on any atom is 0.326 e. The molecule has 1 unspecified atom stereocenters. The molecule has 1 N–H and O–H groups in total. The van der Waals surface area contributed by atoms with Gasteiger partial charge in [0.1, 0.15) is 11.6 Å². The van der Waals surface area contributed by atoms with Gasteiger partial charge in [0.2, 0.25) is 0 Å². The van der Waals surface area contributed by atoms with Crippen LogP contribution in [0.5, 0.6) is 0 Å². The summed E-state index contributed by atoms with van der Waals surface area (Å²) in [6, 6.07) is 0.161. The molecule has 1 aliphatic rings. The molecule has 3 rings (SSSR count). The lowest BCUT2D eigenvalue weighted by Gasteiger charge is -2.28. The van der Waals surface area contributed by atoms with Gasteiger partial charge in [-0.05, 0) is 38.8 Å². The first kappa shape index (κ1) is 19.4. The summed E-state index contributed by atoms with van der Waals surface area (Å²) in [6.45, 7) is 3.65. The molecule has 0 amide bonds. The molecule has 1 aliphatic carbocycles. The molecule has 0 aliphatic heterocycles. The minimum Gasteiger partial charge on any atom is -0.480 e. The van der Waals surface area contributed by atoms with Crippen LogP contribution in [0.3, 0.4) is 0 Å². The molecule has 0 spiro atoms. The van der Waals surface area contributed by atoms with Crippen molar-refractivity contribution in [3.05, 3.63) is 47.9 Å². The number of hydrogen-bond acceptors (Lipinski definition) is 4. The first-order valence-electron chi connectivity index (χ1n) is 8.38. The van der Waals surface area contributed by atoms with Gasteiger partial charge < -0.3 is 9.67 Å². The van der Waals surface area contributed by atoms with Crippen molar-refractivity contribution >= 4 is 16.0 Å². The van der Waals surface area contributed by atoms with Gasteiger partial charge in [0.25, 0.3) is 10.0 Å². The van der Waals surface area contributed by atoms with Crippen molar-refractivity contribution in [2.75, 3.05) is 0 Å². The summed E-state index contributed by atoms with van der Waals surface area (Å²) in [5.74, 6) is -3.88. The van der Waals surface area contributed by atoms with Crippen LogP contribution in [0.1, 0.15) is 44.3 Å². The number of imidazole rings is 1. The van der Waals surface area contributed by atoms with Crippen LogP contribution in [0.25, 0.3) is 0 Å². The van der Waals surface area contributed by atoms with E-state index >= 15 is 0 Å².